The largest absolute Gasteiger partial charge is 0.489 e. The lowest BCUT2D eigenvalue weighted by Gasteiger charge is -2.30. The number of carbonyl (C=O) groups is 1. The maximum atomic E-state index is 12.9. The zero-order chi connectivity index (χ0) is 23.5. The average molecular weight is 471 g/mol. The molecule has 1 atom stereocenters. The van der Waals surface area contributed by atoms with Gasteiger partial charge in [-0.3, -0.25) is 9.69 Å². The summed E-state index contributed by atoms with van der Waals surface area (Å²) in [6.45, 7) is 1.96. The average Bonchev–Trinajstić information content (AvgIpc) is 3.02. The number of para-hydroxylation sites is 1. The first-order valence-electron chi connectivity index (χ1n) is 10.8. The van der Waals surface area contributed by atoms with Crippen LogP contribution in [0.15, 0.2) is 84.0 Å². The van der Waals surface area contributed by atoms with Gasteiger partial charge in [-0.1, -0.05) is 72.4 Å². The third-order valence-electron chi connectivity index (χ3n) is 5.43. The van der Waals surface area contributed by atoms with Crippen LogP contribution >= 0.6 is 11.8 Å². The predicted octanol–water partition coefficient (Wildman–Crippen LogP) is 5.28. The van der Waals surface area contributed by atoms with Crippen molar-refractivity contribution < 1.29 is 14.3 Å². The second-order valence-electron chi connectivity index (χ2n) is 7.68. The van der Waals surface area contributed by atoms with E-state index in [-0.39, 0.29) is 5.91 Å². The highest BCUT2D eigenvalue weighted by Gasteiger charge is 2.34. The molecule has 2 heterocycles. The van der Waals surface area contributed by atoms with Gasteiger partial charge in [0.2, 0.25) is 23.2 Å². The van der Waals surface area contributed by atoms with E-state index in [1.54, 1.807) is 4.90 Å². The lowest BCUT2D eigenvalue weighted by molar-refractivity contribution is -0.118. The lowest BCUT2D eigenvalue weighted by Crippen LogP contribution is -2.36. The number of rotatable bonds is 5. The Labute approximate surface area is 201 Å². The number of aromatic nitrogens is 3. The summed E-state index contributed by atoms with van der Waals surface area (Å²) in [6.07, 6.45) is 1.12. The lowest BCUT2D eigenvalue weighted by atomic mass is 10.1. The van der Waals surface area contributed by atoms with Crippen LogP contribution in [0.5, 0.6) is 11.6 Å². The van der Waals surface area contributed by atoms with Gasteiger partial charge >= 0.3 is 0 Å². The number of thioether (sulfide) groups is 1. The third-order valence-corrected chi connectivity index (χ3v) is 5.96. The number of hydrogen-bond acceptors (Lipinski definition) is 7. The van der Waals surface area contributed by atoms with E-state index in [0.717, 1.165) is 16.7 Å². The molecule has 3 aromatic carbocycles. The molecule has 1 amide bonds. The Morgan fingerprint density at radius 2 is 1.82 bits per heavy atom. The topological polar surface area (TPSA) is 77.4 Å². The monoisotopic (exact) mass is 470 g/mol. The third kappa shape index (κ3) is 4.32. The van der Waals surface area contributed by atoms with Gasteiger partial charge in [-0.25, -0.2) is 0 Å². The first-order chi connectivity index (χ1) is 16.6. The highest BCUT2D eigenvalue weighted by Crippen LogP contribution is 2.43. The molecule has 8 heteroatoms. The number of amides is 1. The van der Waals surface area contributed by atoms with Crippen LogP contribution < -0.4 is 14.4 Å². The minimum absolute atomic E-state index is 0.168. The first-order valence-corrected chi connectivity index (χ1v) is 12.0. The summed E-state index contributed by atoms with van der Waals surface area (Å²) < 4.78 is 12.4. The molecule has 0 unspecified atom stereocenters. The molecular formula is C26H22N4O3S. The standard InChI is InChI=1S/C26H22N4O3S/c1-17(31)30-22-14-7-6-13-21(22)23-24(27-26(34-2)29-28-23)33-25(30)19-11-8-12-20(15-19)32-16-18-9-4-3-5-10-18/h3-15,25H,16H2,1-2H3/t25-/m1/s1. The predicted molar refractivity (Wildman–Crippen MR) is 131 cm³/mol. The molecule has 0 N–H and O–H groups in total. The molecule has 0 saturated carbocycles. The Balaban J connectivity index is 1.57. The summed E-state index contributed by atoms with van der Waals surface area (Å²) >= 11 is 1.38. The molecule has 1 aliphatic heterocycles. The van der Waals surface area contributed by atoms with Crippen molar-refractivity contribution in [3.63, 3.8) is 0 Å². The van der Waals surface area contributed by atoms with E-state index in [2.05, 4.69) is 15.2 Å². The summed E-state index contributed by atoms with van der Waals surface area (Å²) in [4.78, 5) is 19.1. The van der Waals surface area contributed by atoms with Crippen LogP contribution in [0.4, 0.5) is 5.69 Å². The van der Waals surface area contributed by atoms with Gasteiger partial charge in [-0.2, -0.15) is 4.98 Å². The van der Waals surface area contributed by atoms with Crippen LogP contribution in [0.3, 0.4) is 0 Å². The zero-order valence-electron chi connectivity index (χ0n) is 18.7. The quantitative estimate of drug-likeness (QED) is 0.367. The van der Waals surface area contributed by atoms with Crippen molar-refractivity contribution in [2.24, 2.45) is 0 Å². The minimum Gasteiger partial charge on any atom is -0.489 e. The number of hydrogen-bond donors (Lipinski definition) is 0. The SMILES string of the molecule is CSc1nnc2c(n1)O[C@H](c1cccc(OCc3ccccc3)c1)N(C(C)=O)c1ccccc1-2. The summed E-state index contributed by atoms with van der Waals surface area (Å²) in [5.41, 5.74) is 3.74. The number of anilines is 1. The van der Waals surface area contributed by atoms with Crippen LogP contribution in [0.25, 0.3) is 11.3 Å². The van der Waals surface area contributed by atoms with Gasteiger partial charge in [-0.15, -0.1) is 10.2 Å². The van der Waals surface area contributed by atoms with Crippen LogP contribution in [-0.2, 0) is 11.4 Å². The molecule has 1 aliphatic rings. The number of carbonyl (C=O) groups excluding carboxylic acids is 1. The van der Waals surface area contributed by atoms with Crippen molar-refractivity contribution in [2.45, 2.75) is 24.9 Å². The fourth-order valence-corrected chi connectivity index (χ4v) is 4.15. The van der Waals surface area contributed by atoms with Crippen molar-refractivity contribution in [2.75, 3.05) is 11.2 Å². The van der Waals surface area contributed by atoms with Gasteiger partial charge in [0, 0.05) is 18.1 Å². The van der Waals surface area contributed by atoms with Crippen LogP contribution in [0.2, 0.25) is 0 Å². The highest BCUT2D eigenvalue weighted by atomic mass is 32.2. The van der Waals surface area contributed by atoms with Gasteiger partial charge in [0.15, 0.2) is 5.69 Å². The second kappa shape index (κ2) is 9.52. The molecule has 5 rings (SSSR count). The minimum atomic E-state index is -0.758. The summed E-state index contributed by atoms with van der Waals surface area (Å²) in [6, 6.07) is 25.1. The molecule has 0 spiro atoms. The van der Waals surface area contributed by atoms with Crippen molar-refractivity contribution in [3.05, 3.63) is 90.0 Å². The molecule has 0 saturated heterocycles. The van der Waals surface area contributed by atoms with Crippen LogP contribution in [0.1, 0.15) is 24.3 Å². The van der Waals surface area contributed by atoms with Crippen molar-refractivity contribution >= 4 is 23.4 Å². The number of fused-ring (bicyclic) bond motifs is 3. The van der Waals surface area contributed by atoms with E-state index in [9.17, 15) is 4.79 Å². The van der Waals surface area contributed by atoms with Gasteiger partial charge in [0.1, 0.15) is 12.4 Å². The van der Waals surface area contributed by atoms with E-state index < -0.39 is 6.23 Å². The fraction of sp³-hybridized carbons (Fsp3) is 0.154. The maximum Gasteiger partial charge on any atom is 0.247 e. The fourth-order valence-electron chi connectivity index (χ4n) is 3.85. The first kappa shape index (κ1) is 21.9. The van der Waals surface area contributed by atoms with E-state index in [0.29, 0.717) is 34.8 Å². The van der Waals surface area contributed by atoms with E-state index in [1.165, 1.54) is 18.7 Å². The van der Waals surface area contributed by atoms with Gasteiger partial charge in [0.05, 0.1) is 5.69 Å². The van der Waals surface area contributed by atoms with Crippen LogP contribution in [0, 0.1) is 0 Å². The Hall–Kier alpha value is -3.91. The van der Waals surface area contributed by atoms with Gasteiger partial charge in [0.25, 0.3) is 0 Å². The molecule has 0 fully saturated rings. The van der Waals surface area contributed by atoms with Crippen molar-refractivity contribution in [1.82, 2.24) is 15.2 Å². The Morgan fingerprint density at radius 3 is 2.62 bits per heavy atom. The van der Waals surface area contributed by atoms with Crippen molar-refractivity contribution in [3.8, 4) is 22.9 Å². The van der Waals surface area contributed by atoms with Gasteiger partial charge < -0.3 is 9.47 Å². The van der Waals surface area contributed by atoms with E-state index >= 15 is 0 Å². The molecule has 34 heavy (non-hydrogen) atoms. The molecule has 0 bridgehead atoms. The summed E-state index contributed by atoms with van der Waals surface area (Å²) in [5.74, 6) is 0.840. The van der Waals surface area contributed by atoms with Crippen LogP contribution in [-0.4, -0.2) is 27.3 Å². The summed E-state index contributed by atoms with van der Waals surface area (Å²) in [5, 5.41) is 9.05. The molecule has 170 valence electrons. The Kier molecular flexibility index (Phi) is 6.14. The Morgan fingerprint density at radius 1 is 1.03 bits per heavy atom. The second-order valence-corrected chi connectivity index (χ2v) is 8.45. The molecule has 1 aromatic heterocycles. The Bertz CT molecular complexity index is 1330. The molecule has 0 aliphatic carbocycles. The zero-order valence-corrected chi connectivity index (χ0v) is 19.5. The highest BCUT2D eigenvalue weighted by molar-refractivity contribution is 7.98. The van der Waals surface area contributed by atoms with E-state index in [1.807, 2.05) is 85.1 Å². The van der Waals surface area contributed by atoms with E-state index in [4.69, 9.17) is 9.47 Å². The molecule has 4 aromatic rings. The maximum absolute atomic E-state index is 12.9. The number of ether oxygens (including phenoxy) is 2. The normalized spacial score (nSPS) is 14.4. The molecule has 0 radical (unpaired) electrons. The molecule has 7 nitrogen and oxygen atoms in total. The van der Waals surface area contributed by atoms with Crippen molar-refractivity contribution in [1.29, 1.82) is 0 Å². The smallest absolute Gasteiger partial charge is 0.247 e. The van der Waals surface area contributed by atoms with Gasteiger partial charge in [-0.05, 0) is 30.0 Å². The summed E-state index contributed by atoms with van der Waals surface area (Å²) in [7, 11) is 0. The number of nitrogens with zero attached hydrogens (tertiary/aromatic N) is 4. The number of benzene rings is 3. The molecular weight excluding hydrogens is 448 g/mol.